The minimum Gasteiger partial charge on any atom is -0.353 e. The molecule has 0 radical (unpaired) electrons. The first kappa shape index (κ1) is 14.3. The maximum Gasteiger partial charge on any atom is 0.237 e. The minimum absolute atomic E-state index is 0. The van der Waals surface area contributed by atoms with E-state index >= 15 is 0 Å². The van der Waals surface area contributed by atoms with Crippen molar-refractivity contribution in [3.05, 3.63) is 0 Å². The average molecular weight is 195 g/mol. The molecule has 1 unspecified atom stereocenters. The highest BCUT2D eigenvalue weighted by atomic mass is 35.5. The van der Waals surface area contributed by atoms with Crippen molar-refractivity contribution in [1.82, 2.24) is 5.32 Å². The van der Waals surface area contributed by atoms with E-state index in [1.165, 1.54) is 0 Å². The molecule has 0 saturated carbocycles. The molecule has 0 fully saturated rings. The van der Waals surface area contributed by atoms with Crippen LogP contribution in [0.5, 0.6) is 0 Å². The first-order chi connectivity index (χ1) is 4.95. The van der Waals surface area contributed by atoms with Gasteiger partial charge in [-0.15, -0.1) is 12.4 Å². The first-order valence-electron chi connectivity index (χ1n) is 4.01. The van der Waals surface area contributed by atoms with Crippen LogP contribution in [0.25, 0.3) is 0 Å². The lowest BCUT2D eigenvalue weighted by Gasteiger charge is -2.16. The van der Waals surface area contributed by atoms with Crippen LogP contribution in [-0.4, -0.2) is 18.0 Å². The van der Waals surface area contributed by atoms with Crippen LogP contribution in [0.4, 0.5) is 0 Å². The van der Waals surface area contributed by atoms with Crippen molar-refractivity contribution in [3.63, 3.8) is 0 Å². The molecule has 0 aliphatic carbocycles. The van der Waals surface area contributed by atoms with Gasteiger partial charge >= 0.3 is 0 Å². The Morgan fingerprint density at radius 2 is 1.67 bits per heavy atom. The van der Waals surface area contributed by atoms with E-state index in [0.29, 0.717) is 0 Å². The number of nitrogens with two attached hydrogens (primary N) is 1. The lowest BCUT2D eigenvalue weighted by molar-refractivity contribution is -0.123. The number of carbonyl (C=O) groups excluding carboxylic acids is 1. The summed E-state index contributed by atoms with van der Waals surface area (Å²) in [6.45, 7) is 7.71. The van der Waals surface area contributed by atoms with E-state index in [2.05, 4.69) is 5.32 Å². The third-order valence-corrected chi connectivity index (χ3v) is 1.45. The van der Waals surface area contributed by atoms with E-state index in [4.69, 9.17) is 5.73 Å². The van der Waals surface area contributed by atoms with Crippen molar-refractivity contribution in [1.29, 1.82) is 0 Å². The molecule has 0 heterocycles. The summed E-state index contributed by atoms with van der Waals surface area (Å²) in [6, 6.07) is -0.204. The third-order valence-electron chi connectivity index (χ3n) is 1.45. The van der Waals surface area contributed by atoms with Gasteiger partial charge in [-0.3, -0.25) is 4.79 Å². The van der Waals surface area contributed by atoms with Crippen LogP contribution < -0.4 is 11.1 Å². The van der Waals surface area contributed by atoms with Crippen molar-refractivity contribution >= 4 is 18.3 Å². The molecule has 0 aromatic carbocycles. The van der Waals surface area contributed by atoms with E-state index in [1.54, 1.807) is 0 Å². The minimum atomic E-state index is -0.377. The van der Waals surface area contributed by atoms with E-state index in [1.807, 2.05) is 27.7 Å². The van der Waals surface area contributed by atoms with Crippen LogP contribution in [0.3, 0.4) is 0 Å². The van der Waals surface area contributed by atoms with Crippen LogP contribution in [0.15, 0.2) is 0 Å². The van der Waals surface area contributed by atoms with E-state index in [9.17, 15) is 4.79 Å². The Labute approximate surface area is 80.5 Å². The molecule has 0 aliphatic rings. The van der Waals surface area contributed by atoms with Gasteiger partial charge in [0.1, 0.15) is 0 Å². The quantitative estimate of drug-likeness (QED) is 0.702. The molecular weight excluding hydrogens is 176 g/mol. The highest BCUT2D eigenvalue weighted by Crippen LogP contribution is 1.97. The highest BCUT2D eigenvalue weighted by molar-refractivity contribution is 5.85. The summed E-state index contributed by atoms with van der Waals surface area (Å²) >= 11 is 0. The molecule has 1 amide bonds. The summed E-state index contributed by atoms with van der Waals surface area (Å²) in [5.74, 6) is 0.142. The number of hydrogen-bond donors (Lipinski definition) is 2. The van der Waals surface area contributed by atoms with E-state index < -0.39 is 0 Å². The Balaban J connectivity index is 0. The van der Waals surface area contributed by atoms with Crippen molar-refractivity contribution in [2.45, 2.75) is 39.8 Å². The SMILES string of the molecule is CC(C)NC(=O)C(N)C(C)C.Cl. The van der Waals surface area contributed by atoms with E-state index in [0.717, 1.165) is 0 Å². The van der Waals surface area contributed by atoms with Gasteiger partial charge in [0.15, 0.2) is 0 Å². The van der Waals surface area contributed by atoms with Crippen molar-refractivity contribution in [3.8, 4) is 0 Å². The van der Waals surface area contributed by atoms with Crippen LogP contribution in [0, 0.1) is 5.92 Å². The fourth-order valence-electron chi connectivity index (χ4n) is 0.683. The van der Waals surface area contributed by atoms with Gasteiger partial charge in [0.05, 0.1) is 6.04 Å². The first-order valence-corrected chi connectivity index (χ1v) is 4.01. The Kier molecular flexibility index (Phi) is 7.44. The zero-order chi connectivity index (χ0) is 9.02. The Morgan fingerprint density at radius 3 is 1.92 bits per heavy atom. The fourth-order valence-corrected chi connectivity index (χ4v) is 0.683. The molecule has 3 N–H and O–H groups in total. The van der Waals surface area contributed by atoms with Crippen LogP contribution in [0.2, 0.25) is 0 Å². The summed E-state index contributed by atoms with van der Waals surface area (Å²) in [5, 5.41) is 2.76. The Bertz CT molecular complexity index is 137. The third kappa shape index (κ3) is 5.38. The predicted molar refractivity (Wildman–Crippen MR) is 53.3 cm³/mol. The number of amides is 1. The number of rotatable bonds is 3. The summed E-state index contributed by atoms with van der Waals surface area (Å²) in [7, 11) is 0. The molecule has 0 aliphatic heterocycles. The zero-order valence-electron chi connectivity index (χ0n) is 8.13. The molecule has 0 saturated heterocycles. The Hall–Kier alpha value is -0.280. The van der Waals surface area contributed by atoms with E-state index in [-0.39, 0.29) is 36.3 Å². The number of halogens is 1. The monoisotopic (exact) mass is 194 g/mol. The van der Waals surface area contributed by atoms with Crippen molar-refractivity contribution < 1.29 is 4.79 Å². The molecule has 0 rings (SSSR count). The standard InChI is InChI=1S/C8H18N2O.ClH/c1-5(2)7(9)8(11)10-6(3)4;/h5-7H,9H2,1-4H3,(H,10,11);1H. The molecule has 0 bridgehead atoms. The van der Waals surface area contributed by atoms with Gasteiger partial charge in [-0.25, -0.2) is 0 Å². The van der Waals surface area contributed by atoms with Gasteiger partial charge in [-0.05, 0) is 19.8 Å². The fraction of sp³-hybridized carbons (Fsp3) is 0.875. The summed E-state index contributed by atoms with van der Waals surface area (Å²) in [6.07, 6.45) is 0. The molecule has 1 atom stereocenters. The normalized spacial score (nSPS) is 12.6. The number of nitrogens with one attached hydrogen (secondary N) is 1. The van der Waals surface area contributed by atoms with Gasteiger partial charge in [0.25, 0.3) is 0 Å². The molecule has 4 heteroatoms. The van der Waals surface area contributed by atoms with Gasteiger partial charge in [-0.2, -0.15) is 0 Å². The average Bonchev–Trinajstić information content (AvgIpc) is 1.84. The highest BCUT2D eigenvalue weighted by Gasteiger charge is 2.16. The van der Waals surface area contributed by atoms with Gasteiger partial charge in [0, 0.05) is 6.04 Å². The maximum atomic E-state index is 11.2. The molecule has 3 nitrogen and oxygen atoms in total. The molecule has 12 heavy (non-hydrogen) atoms. The second-order valence-corrected chi connectivity index (χ2v) is 3.43. The molecular formula is C8H19ClN2O. The Morgan fingerprint density at radius 1 is 1.25 bits per heavy atom. The maximum absolute atomic E-state index is 11.2. The predicted octanol–water partition coefficient (Wildman–Crippen LogP) is 0.916. The van der Waals surface area contributed by atoms with Crippen LogP contribution in [-0.2, 0) is 4.79 Å². The summed E-state index contributed by atoms with van der Waals surface area (Å²) in [4.78, 5) is 11.2. The number of carbonyl (C=O) groups is 1. The number of hydrogen-bond acceptors (Lipinski definition) is 2. The summed E-state index contributed by atoms with van der Waals surface area (Å²) < 4.78 is 0. The van der Waals surface area contributed by atoms with Crippen molar-refractivity contribution in [2.24, 2.45) is 11.7 Å². The van der Waals surface area contributed by atoms with Crippen molar-refractivity contribution in [2.75, 3.05) is 0 Å². The van der Waals surface area contributed by atoms with Gasteiger partial charge in [0.2, 0.25) is 5.91 Å². The van der Waals surface area contributed by atoms with Crippen LogP contribution >= 0.6 is 12.4 Å². The van der Waals surface area contributed by atoms with Gasteiger partial charge < -0.3 is 11.1 Å². The smallest absolute Gasteiger partial charge is 0.237 e. The zero-order valence-corrected chi connectivity index (χ0v) is 8.94. The molecule has 0 aromatic rings. The molecule has 0 aromatic heterocycles. The molecule has 74 valence electrons. The molecule has 0 spiro atoms. The topological polar surface area (TPSA) is 55.1 Å². The summed E-state index contributed by atoms with van der Waals surface area (Å²) in [5.41, 5.74) is 5.60. The van der Waals surface area contributed by atoms with Crippen LogP contribution in [0.1, 0.15) is 27.7 Å². The lowest BCUT2D eigenvalue weighted by atomic mass is 10.0. The second kappa shape index (κ2) is 6.26. The largest absolute Gasteiger partial charge is 0.353 e. The lowest BCUT2D eigenvalue weighted by Crippen LogP contribution is -2.46. The van der Waals surface area contributed by atoms with Gasteiger partial charge in [-0.1, -0.05) is 13.8 Å². The second-order valence-electron chi connectivity index (χ2n) is 3.43.